The Morgan fingerprint density at radius 3 is 2.81 bits per heavy atom. The van der Waals surface area contributed by atoms with E-state index in [1.807, 2.05) is 13.8 Å². The van der Waals surface area contributed by atoms with Crippen molar-refractivity contribution in [1.82, 2.24) is 25.0 Å². The molecule has 2 aliphatic rings. The molecular formula is C14H21N5O2. The van der Waals surface area contributed by atoms with Crippen LogP contribution < -0.4 is 5.32 Å². The molecule has 2 unspecified atom stereocenters. The van der Waals surface area contributed by atoms with Crippen LogP contribution in [0, 0.1) is 5.92 Å². The standard InChI is InChI=1S/C14H21N5O2/c1-3-19-11(15-8-16-19)7-18-9(2)6-12(20)17-13(14(18)21)10-4-5-10/h8-10,13H,3-7H2,1-2H3,(H,17,20). The molecule has 1 N–H and O–H groups in total. The molecule has 0 spiro atoms. The summed E-state index contributed by atoms with van der Waals surface area (Å²) in [7, 11) is 0. The van der Waals surface area contributed by atoms with Crippen LogP contribution in [0.25, 0.3) is 0 Å². The molecule has 3 rings (SSSR count). The second kappa shape index (κ2) is 5.46. The van der Waals surface area contributed by atoms with Gasteiger partial charge in [0.05, 0.1) is 6.54 Å². The second-order valence-corrected chi connectivity index (χ2v) is 5.89. The molecule has 2 heterocycles. The SMILES string of the molecule is CCn1ncnc1CN1C(=O)C(C2CC2)NC(=O)CC1C. The predicted octanol–water partition coefficient (Wildman–Crippen LogP) is 0.314. The summed E-state index contributed by atoms with van der Waals surface area (Å²) < 4.78 is 1.78. The lowest BCUT2D eigenvalue weighted by Gasteiger charge is -2.28. The van der Waals surface area contributed by atoms with E-state index in [9.17, 15) is 9.59 Å². The average Bonchev–Trinajstić information content (AvgIpc) is 3.20. The number of hydrogen-bond acceptors (Lipinski definition) is 4. The zero-order valence-corrected chi connectivity index (χ0v) is 12.5. The zero-order chi connectivity index (χ0) is 15.0. The van der Waals surface area contributed by atoms with Gasteiger partial charge in [0.1, 0.15) is 18.2 Å². The molecule has 7 nitrogen and oxygen atoms in total. The van der Waals surface area contributed by atoms with Gasteiger partial charge in [0.2, 0.25) is 11.8 Å². The van der Waals surface area contributed by atoms with Gasteiger partial charge in [0.25, 0.3) is 0 Å². The van der Waals surface area contributed by atoms with Gasteiger partial charge in [-0.2, -0.15) is 5.10 Å². The third-order valence-electron chi connectivity index (χ3n) is 4.28. The fourth-order valence-electron chi connectivity index (χ4n) is 2.88. The fourth-order valence-corrected chi connectivity index (χ4v) is 2.88. The Morgan fingerprint density at radius 1 is 1.38 bits per heavy atom. The number of rotatable bonds is 4. The van der Waals surface area contributed by atoms with Crippen molar-refractivity contribution in [3.63, 3.8) is 0 Å². The molecule has 0 aromatic carbocycles. The lowest BCUT2D eigenvalue weighted by atomic mass is 10.1. The molecule has 21 heavy (non-hydrogen) atoms. The van der Waals surface area contributed by atoms with Gasteiger partial charge in [-0.15, -0.1) is 0 Å². The van der Waals surface area contributed by atoms with Gasteiger partial charge in [-0.1, -0.05) is 0 Å². The zero-order valence-electron chi connectivity index (χ0n) is 12.5. The van der Waals surface area contributed by atoms with E-state index in [0.717, 1.165) is 25.2 Å². The minimum Gasteiger partial charge on any atom is -0.344 e. The third-order valence-corrected chi connectivity index (χ3v) is 4.28. The minimum atomic E-state index is -0.361. The molecular weight excluding hydrogens is 270 g/mol. The van der Waals surface area contributed by atoms with Crippen LogP contribution in [-0.4, -0.2) is 43.6 Å². The Hall–Kier alpha value is -1.92. The van der Waals surface area contributed by atoms with Gasteiger partial charge in [-0.25, -0.2) is 9.67 Å². The van der Waals surface area contributed by atoms with E-state index in [1.165, 1.54) is 6.33 Å². The number of aryl methyl sites for hydroxylation is 1. The van der Waals surface area contributed by atoms with Gasteiger partial charge in [0.15, 0.2) is 0 Å². The minimum absolute atomic E-state index is 0.0153. The third kappa shape index (κ3) is 2.77. The van der Waals surface area contributed by atoms with Crippen LogP contribution in [0.2, 0.25) is 0 Å². The first-order valence-corrected chi connectivity index (χ1v) is 7.56. The predicted molar refractivity (Wildman–Crippen MR) is 75.0 cm³/mol. The van der Waals surface area contributed by atoms with Crippen LogP contribution >= 0.6 is 0 Å². The van der Waals surface area contributed by atoms with Crippen molar-refractivity contribution in [3.8, 4) is 0 Å². The van der Waals surface area contributed by atoms with E-state index in [2.05, 4.69) is 15.4 Å². The van der Waals surface area contributed by atoms with Crippen molar-refractivity contribution >= 4 is 11.8 Å². The number of carbonyl (C=O) groups excluding carboxylic acids is 2. The summed E-state index contributed by atoms with van der Waals surface area (Å²) >= 11 is 0. The van der Waals surface area contributed by atoms with Crippen LogP contribution in [0.3, 0.4) is 0 Å². The molecule has 7 heteroatoms. The first-order valence-electron chi connectivity index (χ1n) is 7.56. The summed E-state index contributed by atoms with van der Waals surface area (Å²) in [5, 5.41) is 7.03. The summed E-state index contributed by atoms with van der Waals surface area (Å²) in [4.78, 5) is 30.7. The first kappa shape index (κ1) is 14.0. The van der Waals surface area contributed by atoms with Crippen molar-refractivity contribution in [2.24, 2.45) is 5.92 Å². The molecule has 2 atom stereocenters. The highest BCUT2D eigenvalue weighted by Crippen LogP contribution is 2.35. The summed E-state index contributed by atoms with van der Waals surface area (Å²) in [5.41, 5.74) is 0. The maximum atomic E-state index is 12.8. The van der Waals surface area contributed by atoms with Crippen molar-refractivity contribution in [3.05, 3.63) is 12.2 Å². The van der Waals surface area contributed by atoms with Gasteiger partial charge in [0, 0.05) is 19.0 Å². The molecule has 2 fully saturated rings. The van der Waals surface area contributed by atoms with E-state index in [1.54, 1.807) is 9.58 Å². The van der Waals surface area contributed by atoms with Gasteiger partial charge < -0.3 is 10.2 Å². The molecule has 114 valence electrons. The Morgan fingerprint density at radius 2 is 2.14 bits per heavy atom. The molecule has 0 radical (unpaired) electrons. The van der Waals surface area contributed by atoms with Crippen LogP contribution in [0.15, 0.2) is 6.33 Å². The summed E-state index contributed by atoms with van der Waals surface area (Å²) in [6, 6.07) is -0.483. The highest BCUT2D eigenvalue weighted by Gasteiger charge is 2.42. The lowest BCUT2D eigenvalue weighted by Crippen LogP contribution is -2.47. The Labute approximate surface area is 123 Å². The van der Waals surface area contributed by atoms with E-state index in [-0.39, 0.29) is 23.9 Å². The molecule has 1 saturated heterocycles. The van der Waals surface area contributed by atoms with Crippen LogP contribution in [0.1, 0.15) is 38.9 Å². The molecule has 2 amide bonds. The maximum Gasteiger partial charge on any atom is 0.246 e. The van der Waals surface area contributed by atoms with E-state index < -0.39 is 0 Å². The number of nitrogens with one attached hydrogen (secondary N) is 1. The topological polar surface area (TPSA) is 80.1 Å². The quantitative estimate of drug-likeness (QED) is 0.866. The van der Waals surface area contributed by atoms with Gasteiger partial charge >= 0.3 is 0 Å². The number of amides is 2. The van der Waals surface area contributed by atoms with Gasteiger partial charge in [-0.3, -0.25) is 9.59 Å². The maximum absolute atomic E-state index is 12.8. The first-order chi connectivity index (χ1) is 10.1. The number of aromatic nitrogens is 3. The molecule has 0 bridgehead atoms. The average molecular weight is 291 g/mol. The normalized spacial score (nSPS) is 26.7. The summed E-state index contributed by atoms with van der Waals surface area (Å²) in [6.45, 7) is 5.03. The van der Waals surface area contributed by atoms with Gasteiger partial charge in [-0.05, 0) is 32.6 Å². The Bertz CT molecular complexity index is 551. The fraction of sp³-hybridized carbons (Fsp3) is 0.714. The highest BCUT2D eigenvalue weighted by atomic mass is 16.2. The number of carbonyl (C=O) groups is 2. The van der Waals surface area contributed by atoms with E-state index in [4.69, 9.17) is 0 Å². The van der Waals surface area contributed by atoms with Crippen molar-refractivity contribution in [2.45, 2.75) is 58.3 Å². The second-order valence-electron chi connectivity index (χ2n) is 5.89. The molecule has 1 aliphatic heterocycles. The monoisotopic (exact) mass is 291 g/mol. The lowest BCUT2D eigenvalue weighted by molar-refractivity contribution is -0.136. The highest BCUT2D eigenvalue weighted by molar-refractivity contribution is 5.90. The number of nitrogens with zero attached hydrogens (tertiary/aromatic N) is 4. The Kier molecular flexibility index (Phi) is 3.65. The van der Waals surface area contributed by atoms with E-state index >= 15 is 0 Å². The van der Waals surface area contributed by atoms with Crippen molar-refractivity contribution in [1.29, 1.82) is 0 Å². The number of hydrogen-bond donors (Lipinski definition) is 1. The van der Waals surface area contributed by atoms with Crippen molar-refractivity contribution in [2.75, 3.05) is 0 Å². The Balaban J connectivity index is 1.83. The van der Waals surface area contributed by atoms with Crippen LogP contribution in [0.5, 0.6) is 0 Å². The largest absolute Gasteiger partial charge is 0.344 e. The van der Waals surface area contributed by atoms with Crippen LogP contribution in [0.4, 0.5) is 0 Å². The van der Waals surface area contributed by atoms with Crippen LogP contribution in [-0.2, 0) is 22.7 Å². The molecule has 1 aromatic rings. The smallest absolute Gasteiger partial charge is 0.246 e. The summed E-state index contributed by atoms with van der Waals surface area (Å²) in [6.07, 6.45) is 3.89. The molecule has 1 aromatic heterocycles. The molecule has 1 aliphatic carbocycles. The molecule has 1 saturated carbocycles. The van der Waals surface area contributed by atoms with E-state index in [0.29, 0.717) is 18.9 Å². The summed E-state index contributed by atoms with van der Waals surface area (Å²) in [5.74, 6) is 1.05. The van der Waals surface area contributed by atoms with Crippen molar-refractivity contribution < 1.29 is 9.59 Å².